The van der Waals surface area contributed by atoms with E-state index in [1.165, 1.54) is 36.0 Å². The molecule has 30 heavy (non-hydrogen) atoms. The molecule has 0 aliphatic carbocycles. The van der Waals surface area contributed by atoms with Gasteiger partial charge in [-0.05, 0) is 34.0 Å². The molecular formula is C19H15BrN4O5S. The smallest absolute Gasteiger partial charge is 0.288 e. The van der Waals surface area contributed by atoms with Gasteiger partial charge >= 0.3 is 0 Å². The SMILES string of the molecule is Cc1c(Br)c(=O)nc(SCc2ccc([N+](=O)[O-])cc2)n1Cc1ccc([N+](=O)[O-])cc1. The third kappa shape index (κ3) is 4.92. The largest absolute Gasteiger partial charge is 0.319 e. The van der Waals surface area contributed by atoms with Gasteiger partial charge in [0.15, 0.2) is 5.16 Å². The van der Waals surface area contributed by atoms with E-state index in [1.54, 1.807) is 31.2 Å². The van der Waals surface area contributed by atoms with Crippen molar-refractivity contribution in [3.63, 3.8) is 0 Å². The minimum atomic E-state index is -0.460. The van der Waals surface area contributed by atoms with Crippen LogP contribution in [0.1, 0.15) is 16.8 Å². The summed E-state index contributed by atoms with van der Waals surface area (Å²) in [5.74, 6) is 0.464. The number of rotatable bonds is 7. The predicted octanol–water partition coefficient (Wildman–Crippen LogP) is 4.47. The highest BCUT2D eigenvalue weighted by molar-refractivity contribution is 9.10. The molecule has 3 aromatic rings. The van der Waals surface area contributed by atoms with Crippen LogP contribution in [0.4, 0.5) is 11.4 Å². The molecule has 0 N–H and O–H groups in total. The van der Waals surface area contributed by atoms with Crippen molar-refractivity contribution in [2.24, 2.45) is 0 Å². The first-order valence-corrected chi connectivity index (χ1v) is 10.4. The Morgan fingerprint density at radius 2 is 1.47 bits per heavy atom. The Balaban J connectivity index is 1.87. The Morgan fingerprint density at radius 1 is 0.967 bits per heavy atom. The molecule has 0 spiro atoms. The van der Waals surface area contributed by atoms with Crippen LogP contribution in [0.2, 0.25) is 0 Å². The number of hydrogen-bond donors (Lipinski definition) is 0. The second kappa shape index (κ2) is 9.18. The van der Waals surface area contributed by atoms with Gasteiger partial charge in [-0.3, -0.25) is 25.0 Å². The summed E-state index contributed by atoms with van der Waals surface area (Å²) in [5.41, 5.74) is 1.97. The molecule has 0 saturated carbocycles. The average molecular weight is 491 g/mol. The maximum Gasteiger partial charge on any atom is 0.288 e. The molecule has 0 amide bonds. The molecular weight excluding hydrogens is 476 g/mol. The molecule has 154 valence electrons. The van der Waals surface area contributed by atoms with E-state index in [9.17, 15) is 25.0 Å². The molecule has 0 unspecified atom stereocenters. The van der Waals surface area contributed by atoms with Gasteiger partial charge in [0.25, 0.3) is 16.9 Å². The zero-order valence-corrected chi connectivity index (χ0v) is 18.1. The number of hydrogen-bond acceptors (Lipinski definition) is 7. The van der Waals surface area contributed by atoms with Crippen molar-refractivity contribution < 1.29 is 9.85 Å². The van der Waals surface area contributed by atoms with Crippen LogP contribution in [-0.4, -0.2) is 19.4 Å². The molecule has 1 aromatic heterocycles. The van der Waals surface area contributed by atoms with Gasteiger partial charge in [-0.25, -0.2) is 0 Å². The standard InChI is InChI=1S/C19H15BrN4O5S/c1-12-17(20)18(25)21-19(30-11-14-4-8-16(9-5-14)24(28)29)22(12)10-13-2-6-15(7-3-13)23(26)27/h2-9H,10-11H2,1H3. The van der Waals surface area contributed by atoms with Gasteiger partial charge in [0.05, 0.1) is 9.85 Å². The predicted molar refractivity (Wildman–Crippen MR) is 116 cm³/mol. The highest BCUT2D eigenvalue weighted by Crippen LogP contribution is 2.26. The zero-order chi connectivity index (χ0) is 21.8. The summed E-state index contributed by atoms with van der Waals surface area (Å²) in [5, 5.41) is 22.1. The van der Waals surface area contributed by atoms with E-state index in [1.807, 2.05) is 4.57 Å². The van der Waals surface area contributed by atoms with E-state index in [2.05, 4.69) is 20.9 Å². The lowest BCUT2D eigenvalue weighted by Crippen LogP contribution is -2.19. The summed E-state index contributed by atoms with van der Waals surface area (Å²) < 4.78 is 2.20. The summed E-state index contributed by atoms with van der Waals surface area (Å²) in [4.78, 5) is 37.0. The number of benzene rings is 2. The van der Waals surface area contributed by atoms with Crippen molar-refractivity contribution in [2.45, 2.75) is 24.4 Å². The van der Waals surface area contributed by atoms with Gasteiger partial charge in [-0.2, -0.15) is 4.98 Å². The van der Waals surface area contributed by atoms with Crippen molar-refractivity contribution in [1.82, 2.24) is 9.55 Å². The van der Waals surface area contributed by atoms with E-state index in [0.717, 1.165) is 11.1 Å². The fraction of sp³-hybridized carbons (Fsp3) is 0.158. The van der Waals surface area contributed by atoms with Crippen LogP contribution in [0.3, 0.4) is 0 Å². The number of thioether (sulfide) groups is 1. The van der Waals surface area contributed by atoms with Crippen molar-refractivity contribution in [3.8, 4) is 0 Å². The Hall–Kier alpha value is -3.05. The van der Waals surface area contributed by atoms with E-state index < -0.39 is 15.4 Å². The van der Waals surface area contributed by atoms with Gasteiger partial charge < -0.3 is 4.57 Å². The number of halogens is 1. The van der Waals surface area contributed by atoms with E-state index >= 15 is 0 Å². The second-order valence-electron chi connectivity index (χ2n) is 6.32. The summed E-state index contributed by atoms with van der Waals surface area (Å²) in [6.07, 6.45) is 0. The van der Waals surface area contributed by atoms with Crippen molar-refractivity contribution in [1.29, 1.82) is 0 Å². The van der Waals surface area contributed by atoms with E-state index in [4.69, 9.17) is 0 Å². The highest BCUT2D eigenvalue weighted by atomic mass is 79.9. The van der Waals surface area contributed by atoms with Crippen LogP contribution in [0.15, 0.2) is 63.0 Å². The molecule has 2 aromatic carbocycles. The van der Waals surface area contributed by atoms with Crippen LogP contribution in [0.25, 0.3) is 0 Å². The van der Waals surface area contributed by atoms with Crippen LogP contribution < -0.4 is 5.56 Å². The molecule has 0 radical (unpaired) electrons. The lowest BCUT2D eigenvalue weighted by atomic mass is 10.2. The lowest BCUT2D eigenvalue weighted by molar-refractivity contribution is -0.385. The molecule has 3 rings (SSSR count). The first kappa shape index (κ1) is 21.7. The molecule has 0 aliphatic rings. The van der Waals surface area contributed by atoms with Gasteiger partial charge in [-0.1, -0.05) is 36.0 Å². The minimum Gasteiger partial charge on any atom is -0.319 e. The van der Waals surface area contributed by atoms with Crippen molar-refractivity contribution in [3.05, 3.63) is 100 Å². The van der Waals surface area contributed by atoms with Crippen molar-refractivity contribution in [2.75, 3.05) is 0 Å². The molecule has 0 fully saturated rings. The fourth-order valence-corrected chi connectivity index (χ4v) is 3.97. The number of aromatic nitrogens is 2. The minimum absolute atomic E-state index is 0.00227. The Morgan fingerprint density at radius 3 is 1.97 bits per heavy atom. The number of nitro groups is 2. The van der Waals surface area contributed by atoms with Gasteiger partial charge in [0.1, 0.15) is 4.47 Å². The molecule has 0 saturated heterocycles. The van der Waals surface area contributed by atoms with Crippen LogP contribution >= 0.6 is 27.7 Å². The molecule has 0 aliphatic heterocycles. The first-order valence-electron chi connectivity index (χ1n) is 8.62. The normalized spacial score (nSPS) is 10.7. The van der Waals surface area contributed by atoms with Crippen LogP contribution in [-0.2, 0) is 12.3 Å². The summed E-state index contributed by atoms with van der Waals surface area (Å²) in [6, 6.07) is 12.4. The topological polar surface area (TPSA) is 121 Å². The second-order valence-corrected chi connectivity index (χ2v) is 8.06. The van der Waals surface area contributed by atoms with E-state index in [0.29, 0.717) is 27.6 Å². The van der Waals surface area contributed by atoms with Gasteiger partial charge in [0.2, 0.25) is 0 Å². The quantitative estimate of drug-likeness (QED) is 0.207. The van der Waals surface area contributed by atoms with E-state index in [-0.39, 0.29) is 11.4 Å². The lowest BCUT2D eigenvalue weighted by Gasteiger charge is -2.16. The summed E-state index contributed by atoms with van der Waals surface area (Å²) >= 11 is 4.60. The molecule has 11 heteroatoms. The fourth-order valence-electron chi connectivity index (χ4n) is 2.68. The Labute approximate surface area is 183 Å². The molecule has 0 atom stereocenters. The van der Waals surface area contributed by atoms with Crippen molar-refractivity contribution >= 4 is 39.1 Å². The first-order chi connectivity index (χ1) is 14.3. The third-order valence-corrected chi connectivity index (χ3v) is 6.30. The summed E-state index contributed by atoms with van der Waals surface area (Å²) in [7, 11) is 0. The number of nitro benzene ring substituents is 2. The number of non-ortho nitro benzene ring substituents is 2. The van der Waals surface area contributed by atoms with Gasteiger partial charge in [0, 0.05) is 42.3 Å². The average Bonchev–Trinajstić information content (AvgIpc) is 2.73. The Kier molecular flexibility index (Phi) is 6.63. The monoisotopic (exact) mass is 490 g/mol. The number of nitrogens with zero attached hydrogens (tertiary/aromatic N) is 4. The highest BCUT2D eigenvalue weighted by Gasteiger charge is 2.14. The maximum atomic E-state index is 12.2. The maximum absolute atomic E-state index is 12.2. The zero-order valence-electron chi connectivity index (χ0n) is 15.6. The van der Waals surface area contributed by atoms with Gasteiger partial charge in [-0.15, -0.1) is 0 Å². The van der Waals surface area contributed by atoms with Crippen LogP contribution in [0, 0.1) is 27.2 Å². The molecule has 0 bridgehead atoms. The third-order valence-electron chi connectivity index (χ3n) is 4.34. The molecule has 9 nitrogen and oxygen atoms in total. The Bertz CT molecular complexity index is 1160. The summed E-state index contributed by atoms with van der Waals surface area (Å²) in [6.45, 7) is 2.16. The van der Waals surface area contributed by atoms with Crippen LogP contribution in [0.5, 0.6) is 0 Å². The molecule has 1 heterocycles.